The second-order valence-corrected chi connectivity index (χ2v) is 16.8. The number of sulfonamides is 2. The first-order valence-electron chi connectivity index (χ1n) is 16.8. The first-order chi connectivity index (χ1) is 23.7. The van der Waals surface area contributed by atoms with E-state index in [4.69, 9.17) is 16.6 Å². The van der Waals surface area contributed by atoms with E-state index in [1.54, 1.807) is 28.9 Å². The molecule has 2 aliphatic heterocycles. The maximum Gasteiger partial charge on any atom is 0.264 e. The minimum atomic E-state index is -3.72. The highest BCUT2D eigenvalue weighted by Crippen LogP contribution is 2.41. The summed E-state index contributed by atoms with van der Waals surface area (Å²) in [5, 5.41) is 18.6. The molecule has 0 amide bonds. The summed E-state index contributed by atoms with van der Waals surface area (Å²) in [4.78, 5) is 9.00. The Morgan fingerprint density at radius 2 is 1.20 bits per heavy atom. The van der Waals surface area contributed by atoms with E-state index >= 15 is 0 Å². The molecule has 2 spiro atoms. The summed E-state index contributed by atoms with van der Waals surface area (Å²) in [6, 6.07) is 11.8. The number of guanidine groups is 1. The Morgan fingerprint density at radius 3 is 1.64 bits per heavy atom. The molecule has 6 rings (SSSR count). The van der Waals surface area contributed by atoms with Gasteiger partial charge in [-0.3, -0.25) is 9.98 Å². The lowest BCUT2D eigenvalue weighted by Gasteiger charge is -2.23. The molecule has 2 aromatic rings. The highest BCUT2D eigenvalue weighted by atomic mass is 32.2. The molecule has 2 aromatic carbocycles. The molecule has 0 unspecified atom stereocenters. The number of rotatable bonds is 5. The molecular formula is C33H50N10O4S3. The van der Waals surface area contributed by atoms with Gasteiger partial charge < -0.3 is 11.5 Å². The molecule has 0 bridgehead atoms. The van der Waals surface area contributed by atoms with Crippen molar-refractivity contribution in [2.45, 2.75) is 75.0 Å². The number of hydrazone groups is 2. The smallest absolute Gasteiger partial charge is 0.264 e. The number of anilines is 2. The van der Waals surface area contributed by atoms with Gasteiger partial charge in [-0.05, 0) is 94.3 Å². The van der Waals surface area contributed by atoms with Crippen LogP contribution in [-0.2, 0) is 20.0 Å². The third-order valence-corrected chi connectivity index (χ3v) is 11.9. The third kappa shape index (κ3) is 10.4. The van der Waals surface area contributed by atoms with Crippen LogP contribution in [0.3, 0.4) is 0 Å². The molecule has 14 nitrogen and oxygen atoms in total. The lowest BCUT2D eigenvalue weighted by Crippen LogP contribution is -2.42. The Bertz CT molecular complexity index is 1770. The van der Waals surface area contributed by atoms with Crippen LogP contribution in [0.25, 0.3) is 0 Å². The fourth-order valence-corrected chi connectivity index (χ4v) is 8.43. The van der Waals surface area contributed by atoms with Gasteiger partial charge in [-0.2, -0.15) is 10.2 Å². The van der Waals surface area contributed by atoms with Crippen LogP contribution in [0, 0.1) is 10.8 Å². The number of nitrogens with one attached hydrogen (secondary N) is 1. The zero-order valence-electron chi connectivity index (χ0n) is 29.0. The van der Waals surface area contributed by atoms with Crippen LogP contribution in [0.15, 0.2) is 78.5 Å². The van der Waals surface area contributed by atoms with Gasteiger partial charge in [0.2, 0.25) is 16.0 Å². The number of thioether (sulfide) groups is 1. The number of primary sulfonamides is 1. The summed E-state index contributed by atoms with van der Waals surface area (Å²) in [5.41, 5.74) is 12.4. The van der Waals surface area contributed by atoms with Crippen molar-refractivity contribution < 1.29 is 16.8 Å². The van der Waals surface area contributed by atoms with Gasteiger partial charge in [0.05, 0.1) is 22.9 Å². The van der Waals surface area contributed by atoms with E-state index < -0.39 is 20.0 Å². The summed E-state index contributed by atoms with van der Waals surface area (Å²) in [6.45, 7) is 6.97. The van der Waals surface area contributed by atoms with Gasteiger partial charge in [0, 0.05) is 47.7 Å². The van der Waals surface area contributed by atoms with Crippen molar-refractivity contribution in [2.75, 3.05) is 43.9 Å². The van der Waals surface area contributed by atoms with Gasteiger partial charge in [-0.25, -0.2) is 36.7 Å². The average Bonchev–Trinajstić information content (AvgIpc) is 3.91. The summed E-state index contributed by atoms with van der Waals surface area (Å²) in [5.74, 6) is 0.273. The van der Waals surface area contributed by atoms with E-state index in [-0.39, 0.29) is 21.2 Å². The Morgan fingerprint density at radius 1 is 0.760 bits per heavy atom. The van der Waals surface area contributed by atoms with Crippen LogP contribution in [-0.4, -0.2) is 82.8 Å². The summed E-state index contributed by atoms with van der Waals surface area (Å²) in [6.07, 6.45) is 16.1. The summed E-state index contributed by atoms with van der Waals surface area (Å²) in [7, 11) is -7.30. The van der Waals surface area contributed by atoms with Crippen molar-refractivity contribution in [3.63, 3.8) is 0 Å². The molecule has 7 N–H and O–H groups in total. The predicted molar refractivity (Wildman–Crippen MR) is 205 cm³/mol. The summed E-state index contributed by atoms with van der Waals surface area (Å²) >= 11 is 1.70. The highest BCUT2D eigenvalue weighted by Gasteiger charge is 2.40. The molecular weight excluding hydrogens is 697 g/mol. The highest BCUT2D eigenvalue weighted by molar-refractivity contribution is 8.13. The zero-order chi connectivity index (χ0) is 36.4. The van der Waals surface area contributed by atoms with Crippen LogP contribution in [0.4, 0.5) is 11.4 Å². The molecule has 2 aliphatic carbocycles. The van der Waals surface area contributed by atoms with Gasteiger partial charge in [0.25, 0.3) is 10.0 Å². The van der Waals surface area contributed by atoms with E-state index in [0.717, 1.165) is 31.1 Å². The van der Waals surface area contributed by atoms with Crippen molar-refractivity contribution in [3.8, 4) is 0 Å². The third-order valence-electron chi connectivity index (χ3n) is 8.94. The minimum Gasteiger partial charge on any atom is -0.399 e. The lowest BCUT2D eigenvalue weighted by molar-refractivity contribution is 0.342. The largest absolute Gasteiger partial charge is 0.399 e. The lowest BCUT2D eigenvalue weighted by atomic mass is 9.88. The van der Waals surface area contributed by atoms with Crippen LogP contribution in [0.1, 0.15) is 65.2 Å². The Kier molecular flexibility index (Phi) is 13.3. The summed E-state index contributed by atoms with van der Waals surface area (Å²) < 4.78 is 49.1. The van der Waals surface area contributed by atoms with E-state index in [1.165, 1.54) is 74.9 Å². The number of hydrogen-bond acceptors (Lipinski definition) is 11. The van der Waals surface area contributed by atoms with E-state index in [1.807, 2.05) is 13.1 Å². The second-order valence-electron chi connectivity index (χ2n) is 12.8. The quantitative estimate of drug-likeness (QED) is 0.195. The van der Waals surface area contributed by atoms with Gasteiger partial charge >= 0.3 is 0 Å². The topological polar surface area (TPSA) is 214 Å². The maximum atomic E-state index is 12.6. The van der Waals surface area contributed by atoms with Crippen molar-refractivity contribution in [2.24, 2.45) is 36.2 Å². The fraction of sp³-hybridized carbons (Fsp3) is 0.515. The van der Waals surface area contributed by atoms with Crippen LogP contribution >= 0.6 is 11.8 Å². The number of amidine groups is 1. The molecule has 274 valence electrons. The molecule has 0 radical (unpaired) electrons. The molecule has 4 aliphatic rings. The fourth-order valence-electron chi connectivity index (χ4n) is 6.31. The Balaban J connectivity index is 0.000000184. The average molecular weight is 747 g/mol. The molecule has 17 heteroatoms. The molecule has 50 heavy (non-hydrogen) atoms. The normalized spacial score (nSPS) is 19.4. The number of hydrogen-bond donors (Lipinski definition) is 4. The van der Waals surface area contributed by atoms with Gasteiger partial charge in [0.15, 0.2) is 5.17 Å². The monoisotopic (exact) mass is 746 g/mol. The van der Waals surface area contributed by atoms with E-state index in [2.05, 4.69) is 49.3 Å². The SMILES string of the molecule is CCN=C(NS(=O)(=O)c1ccc(N)cc1)N1CC2(C=N1)CCCC2.CCN=C(SC)N1CC2(C=N1)CCCC2.Nc1ccc(S(N)(=O)=O)cc1. The minimum absolute atomic E-state index is 0.0706. The predicted octanol–water partition coefficient (Wildman–Crippen LogP) is 4.29. The number of aliphatic imine (C=N–C) groups is 2. The number of benzene rings is 2. The van der Waals surface area contributed by atoms with Crippen LogP contribution in [0.5, 0.6) is 0 Å². The van der Waals surface area contributed by atoms with Crippen molar-refractivity contribution in [1.82, 2.24) is 14.7 Å². The number of nitrogens with zero attached hydrogens (tertiary/aromatic N) is 6. The second kappa shape index (κ2) is 17.0. The Hall–Kier alpha value is -3.67. The molecule has 2 saturated carbocycles. The van der Waals surface area contributed by atoms with Gasteiger partial charge in [0.1, 0.15) is 0 Å². The number of nitrogens with two attached hydrogens (primary N) is 3. The molecule has 2 fully saturated rings. The van der Waals surface area contributed by atoms with Gasteiger partial charge in [-0.1, -0.05) is 37.4 Å². The molecule has 0 atom stereocenters. The standard InChI is InChI=1S/C16H23N5O2S.C11H19N3S.C6H8N2O2S/c1-2-18-15(21-12-16(11-19-21)9-3-4-10-16)20-24(22,23)14-7-5-13(17)6-8-14;1-3-12-10(15-2)14-9-11(8-13-14)6-4-5-7-11;7-5-1-3-6(4-2-5)11(8,9)10/h5-8,11H,2-4,9-10,12,17H2,1H3,(H,18,20);8H,3-7,9H2,1-2H3;1-4H,7H2,(H2,8,9,10). The maximum absolute atomic E-state index is 12.6. The van der Waals surface area contributed by atoms with Crippen LogP contribution in [0.2, 0.25) is 0 Å². The first kappa shape index (κ1) is 39.1. The van der Waals surface area contributed by atoms with E-state index in [0.29, 0.717) is 29.9 Å². The van der Waals surface area contributed by atoms with Crippen molar-refractivity contribution in [1.29, 1.82) is 0 Å². The van der Waals surface area contributed by atoms with Crippen molar-refractivity contribution >= 4 is 66.7 Å². The van der Waals surface area contributed by atoms with Crippen molar-refractivity contribution in [3.05, 3.63) is 48.5 Å². The Labute approximate surface area is 300 Å². The van der Waals surface area contributed by atoms with Gasteiger partial charge in [-0.15, -0.1) is 0 Å². The first-order valence-corrected chi connectivity index (χ1v) is 21.0. The van der Waals surface area contributed by atoms with Crippen LogP contribution < -0.4 is 21.3 Å². The molecule has 0 saturated heterocycles. The molecule has 2 heterocycles. The van der Waals surface area contributed by atoms with E-state index in [9.17, 15) is 16.8 Å². The zero-order valence-corrected chi connectivity index (χ0v) is 31.5. The molecule has 0 aromatic heterocycles. The number of nitrogen functional groups attached to an aromatic ring is 2.